The number of halogens is 1. The maximum Gasteiger partial charge on any atom is 0.191 e. The molecule has 1 fully saturated rings. The van der Waals surface area contributed by atoms with Gasteiger partial charge in [-0.2, -0.15) is 0 Å². The fourth-order valence-electron chi connectivity index (χ4n) is 3.20. The van der Waals surface area contributed by atoms with Gasteiger partial charge in [0.1, 0.15) is 12.4 Å². The first-order valence-electron chi connectivity index (χ1n) is 10.8. The van der Waals surface area contributed by atoms with Gasteiger partial charge < -0.3 is 24.7 Å². The lowest BCUT2D eigenvalue weighted by atomic mass is 9.98. The number of hydrogen-bond acceptors (Lipinski definition) is 5. The van der Waals surface area contributed by atoms with Crippen LogP contribution in [0.5, 0.6) is 0 Å². The largest absolute Gasteiger partial charge is 0.382 e. The molecule has 168 valence electrons. The normalized spacial score (nSPS) is 15.2. The summed E-state index contributed by atoms with van der Waals surface area (Å²) < 4.78 is 13.4. The average molecular weight is 522 g/mol. The van der Waals surface area contributed by atoms with Gasteiger partial charge in [-0.15, -0.1) is 34.2 Å². The van der Waals surface area contributed by atoms with E-state index in [0.29, 0.717) is 12.6 Å². The molecule has 0 unspecified atom stereocenters. The fraction of sp³-hybridized carbons (Fsp3) is 0.850. The Morgan fingerprint density at radius 1 is 1.10 bits per heavy atom. The molecule has 9 heteroatoms. The first-order valence-corrected chi connectivity index (χ1v) is 10.8. The molecule has 2 rings (SSSR count). The van der Waals surface area contributed by atoms with Gasteiger partial charge in [0.2, 0.25) is 0 Å². The molecule has 0 amide bonds. The van der Waals surface area contributed by atoms with Gasteiger partial charge in [-0.3, -0.25) is 0 Å². The van der Waals surface area contributed by atoms with Crippen molar-refractivity contribution in [1.29, 1.82) is 0 Å². The molecule has 0 aliphatic heterocycles. The molecule has 2 N–H and O–H groups in total. The second-order valence-electron chi connectivity index (χ2n) is 7.28. The summed E-state index contributed by atoms with van der Waals surface area (Å²) in [7, 11) is 1.96. The van der Waals surface area contributed by atoms with E-state index in [-0.39, 0.29) is 24.0 Å². The standard InChI is InChI=1S/C20H38N6O2.HI/c1-4-27-14-8-12-21-20(23-16-19-25-24-17(2)26(19)3)22-13-9-15-28-18-10-6-5-7-11-18;/h18H,4-16H2,1-3H3,(H2,21,22,23);1H. The van der Waals surface area contributed by atoms with Crippen LogP contribution in [0.2, 0.25) is 0 Å². The topological polar surface area (TPSA) is 85.6 Å². The third kappa shape index (κ3) is 10.6. The summed E-state index contributed by atoms with van der Waals surface area (Å²) in [5.41, 5.74) is 0. The van der Waals surface area contributed by atoms with Crippen molar-refractivity contribution in [3.8, 4) is 0 Å². The molecule has 1 heterocycles. The molecule has 0 saturated heterocycles. The molecule has 1 aliphatic carbocycles. The molecular weight excluding hydrogens is 483 g/mol. The van der Waals surface area contributed by atoms with Crippen LogP contribution in [0.25, 0.3) is 0 Å². The third-order valence-corrected chi connectivity index (χ3v) is 5.04. The minimum atomic E-state index is 0. The molecule has 1 aromatic rings. The number of nitrogens with one attached hydrogen (secondary N) is 2. The zero-order valence-electron chi connectivity index (χ0n) is 18.3. The van der Waals surface area contributed by atoms with Crippen molar-refractivity contribution >= 4 is 29.9 Å². The molecule has 0 radical (unpaired) electrons. The van der Waals surface area contributed by atoms with E-state index in [1.54, 1.807) is 0 Å². The van der Waals surface area contributed by atoms with Gasteiger partial charge in [0.05, 0.1) is 6.10 Å². The maximum atomic E-state index is 6.00. The van der Waals surface area contributed by atoms with Gasteiger partial charge in [0.25, 0.3) is 0 Å². The lowest BCUT2D eigenvalue weighted by molar-refractivity contribution is 0.0277. The van der Waals surface area contributed by atoms with Crippen molar-refractivity contribution in [3.05, 3.63) is 11.6 Å². The van der Waals surface area contributed by atoms with Crippen molar-refractivity contribution in [2.24, 2.45) is 12.0 Å². The zero-order chi connectivity index (χ0) is 20.0. The van der Waals surface area contributed by atoms with Crippen molar-refractivity contribution in [1.82, 2.24) is 25.4 Å². The summed E-state index contributed by atoms with van der Waals surface area (Å²) in [4.78, 5) is 4.66. The van der Waals surface area contributed by atoms with Gasteiger partial charge in [0, 0.05) is 40.0 Å². The summed E-state index contributed by atoms with van der Waals surface area (Å²) in [6, 6.07) is 0. The molecule has 0 bridgehead atoms. The molecule has 0 spiro atoms. The van der Waals surface area contributed by atoms with Crippen molar-refractivity contribution in [3.63, 3.8) is 0 Å². The van der Waals surface area contributed by atoms with Gasteiger partial charge in [0.15, 0.2) is 11.8 Å². The number of aliphatic imine (C=N–C) groups is 1. The van der Waals surface area contributed by atoms with E-state index in [1.807, 2.05) is 25.5 Å². The SMILES string of the molecule is CCOCCCNC(=NCc1nnc(C)n1C)NCCCOC1CCCCC1.I. The molecule has 1 aliphatic rings. The van der Waals surface area contributed by atoms with Crippen LogP contribution in [0.15, 0.2) is 4.99 Å². The quantitative estimate of drug-likeness (QED) is 0.190. The lowest BCUT2D eigenvalue weighted by Crippen LogP contribution is -2.39. The van der Waals surface area contributed by atoms with Crippen LogP contribution >= 0.6 is 24.0 Å². The number of guanidine groups is 1. The predicted octanol–water partition coefficient (Wildman–Crippen LogP) is 2.94. The Bertz CT molecular complexity index is 575. The zero-order valence-corrected chi connectivity index (χ0v) is 20.6. The van der Waals surface area contributed by atoms with Crippen LogP contribution in [0.3, 0.4) is 0 Å². The maximum absolute atomic E-state index is 6.00. The third-order valence-electron chi connectivity index (χ3n) is 5.04. The Balaban J connectivity index is 0.00000420. The Morgan fingerprint density at radius 3 is 2.41 bits per heavy atom. The van der Waals surface area contributed by atoms with Crippen LogP contribution in [0.1, 0.15) is 63.5 Å². The summed E-state index contributed by atoms with van der Waals surface area (Å²) in [6.07, 6.45) is 8.82. The molecule has 8 nitrogen and oxygen atoms in total. The summed E-state index contributed by atoms with van der Waals surface area (Å²) >= 11 is 0. The molecule has 0 atom stereocenters. The minimum Gasteiger partial charge on any atom is -0.382 e. The second-order valence-corrected chi connectivity index (χ2v) is 7.28. The fourth-order valence-corrected chi connectivity index (χ4v) is 3.20. The summed E-state index contributed by atoms with van der Waals surface area (Å²) in [5, 5.41) is 15.1. The van der Waals surface area contributed by atoms with Crippen molar-refractivity contribution in [2.45, 2.75) is 71.4 Å². The van der Waals surface area contributed by atoms with Gasteiger partial charge in [-0.1, -0.05) is 19.3 Å². The van der Waals surface area contributed by atoms with Gasteiger partial charge in [-0.05, 0) is 39.5 Å². The van der Waals surface area contributed by atoms with Crippen LogP contribution in [0, 0.1) is 6.92 Å². The highest BCUT2D eigenvalue weighted by atomic mass is 127. The highest BCUT2D eigenvalue weighted by molar-refractivity contribution is 14.0. The minimum absolute atomic E-state index is 0. The number of hydrogen-bond donors (Lipinski definition) is 2. The molecular formula is C20H39IN6O2. The summed E-state index contributed by atoms with van der Waals surface area (Å²) in [5.74, 6) is 2.55. The van der Waals surface area contributed by atoms with Crippen molar-refractivity contribution in [2.75, 3.05) is 32.9 Å². The Labute approximate surface area is 192 Å². The van der Waals surface area contributed by atoms with E-state index in [4.69, 9.17) is 9.47 Å². The molecule has 29 heavy (non-hydrogen) atoms. The van der Waals surface area contributed by atoms with Crippen molar-refractivity contribution < 1.29 is 9.47 Å². The van der Waals surface area contributed by atoms with E-state index in [2.05, 4.69) is 25.8 Å². The molecule has 0 aromatic carbocycles. The van der Waals surface area contributed by atoms with Crippen LogP contribution in [-0.4, -0.2) is 59.7 Å². The van der Waals surface area contributed by atoms with E-state index < -0.39 is 0 Å². The van der Waals surface area contributed by atoms with Gasteiger partial charge in [-0.25, -0.2) is 4.99 Å². The second kappa shape index (κ2) is 15.8. The average Bonchev–Trinajstić information content (AvgIpc) is 3.04. The van der Waals surface area contributed by atoms with Crippen LogP contribution < -0.4 is 10.6 Å². The highest BCUT2D eigenvalue weighted by Gasteiger charge is 2.13. The number of nitrogens with zero attached hydrogens (tertiary/aromatic N) is 4. The smallest absolute Gasteiger partial charge is 0.191 e. The Kier molecular flexibility index (Phi) is 14.3. The predicted molar refractivity (Wildman–Crippen MR) is 127 cm³/mol. The van der Waals surface area contributed by atoms with E-state index in [1.165, 1.54) is 32.1 Å². The van der Waals surface area contributed by atoms with E-state index in [9.17, 15) is 0 Å². The molecule has 1 saturated carbocycles. The van der Waals surface area contributed by atoms with Gasteiger partial charge >= 0.3 is 0 Å². The monoisotopic (exact) mass is 522 g/mol. The van der Waals surface area contributed by atoms with Crippen LogP contribution in [0.4, 0.5) is 0 Å². The first-order chi connectivity index (χ1) is 13.7. The number of aromatic nitrogens is 3. The van der Waals surface area contributed by atoms with Crippen LogP contribution in [-0.2, 0) is 23.1 Å². The van der Waals surface area contributed by atoms with E-state index in [0.717, 1.165) is 63.4 Å². The number of rotatable bonds is 12. The highest BCUT2D eigenvalue weighted by Crippen LogP contribution is 2.20. The Hall–Kier alpha value is -0.940. The first kappa shape index (κ1) is 26.1. The Morgan fingerprint density at radius 2 is 1.79 bits per heavy atom. The van der Waals surface area contributed by atoms with E-state index >= 15 is 0 Å². The summed E-state index contributed by atoms with van der Waals surface area (Å²) in [6.45, 7) is 8.43. The number of aryl methyl sites for hydroxylation is 1. The lowest BCUT2D eigenvalue weighted by Gasteiger charge is -2.22. The number of ether oxygens (including phenoxy) is 2. The molecule has 1 aromatic heterocycles.